The number of hydrogen-bond acceptors (Lipinski definition) is 2. The van der Waals surface area contributed by atoms with Gasteiger partial charge in [0.15, 0.2) is 0 Å². The van der Waals surface area contributed by atoms with Gasteiger partial charge in [-0.15, -0.1) is 11.3 Å². The lowest BCUT2D eigenvalue weighted by Gasteiger charge is -1.86. The molecule has 0 radical (unpaired) electrons. The zero-order valence-electron chi connectivity index (χ0n) is 5.06. The molecule has 1 heterocycles. The first kappa shape index (κ1) is 7.63. The topological polar surface area (TPSA) is 0 Å². The Labute approximate surface area is 71.8 Å². The van der Waals surface area contributed by atoms with Gasteiger partial charge in [0.1, 0.15) is 0 Å². The smallest absolute Gasteiger partial charge is 0.0701 e. The summed E-state index contributed by atoms with van der Waals surface area (Å²) in [5, 5.41) is 2.18. The standard InChI is InChI=1S/C6H7BrS2/c1-8-3-5-2-6(7)9-4-5/h2,4H,3H2,1H3. The van der Waals surface area contributed by atoms with Crippen molar-refractivity contribution < 1.29 is 0 Å². The predicted octanol–water partition coefficient (Wildman–Crippen LogP) is 3.37. The van der Waals surface area contributed by atoms with Crippen molar-refractivity contribution in [2.75, 3.05) is 6.26 Å². The summed E-state index contributed by atoms with van der Waals surface area (Å²) in [5.41, 5.74) is 1.42. The molecule has 0 saturated heterocycles. The molecule has 0 bridgehead atoms. The van der Waals surface area contributed by atoms with E-state index in [1.165, 1.54) is 9.35 Å². The van der Waals surface area contributed by atoms with E-state index < -0.39 is 0 Å². The van der Waals surface area contributed by atoms with Gasteiger partial charge in [-0.3, -0.25) is 0 Å². The second kappa shape index (κ2) is 3.64. The van der Waals surface area contributed by atoms with Crippen LogP contribution in [0, 0.1) is 0 Å². The molecule has 0 saturated carbocycles. The molecule has 0 atom stereocenters. The van der Waals surface area contributed by atoms with Gasteiger partial charge in [-0.1, -0.05) is 0 Å². The third kappa shape index (κ3) is 2.32. The minimum Gasteiger partial charge on any atom is -0.161 e. The van der Waals surface area contributed by atoms with Gasteiger partial charge >= 0.3 is 0 Å². The molecule has 9 heavy (non-hydrogen) atoms. The van der Waals surface area contributed by atoms with Crippen molar-refractivity contribution in [2.24, 2.45) is 0 Å². The van der Waals surface area contributed by atoms with Crippen LogP contribution in [0.4, 0.5) is 0 Å². The fraction of sp³-hybridized carbons (Fsp3) is 0.333. The van der Waals surface area contributed by atoms with E-state index in [0.717, 1.165) is 5.75 Å². The molecule has 3 heteroatoms. The second-order valence-corrected chi connectivity index (χ2v) is 4.85. The van der Waals surface area contributed by atoms with E-state index in [0.29, 0.717) is 0 Å². The zero-order valence-corrected chi connectivity index (χ0v) is 8.28. The van der Waals surface area contributed by atoms with Crippen molar-refractivity contribution in [3.8, 4) is 0 Å². The highest BCUT2D eigenvalue weighted by Gasteiger charge is 1.93. The van der Waals surface area contributed by atoms with Gasteiger partial charge in [0.25, 0.3) is 0 Å². The minimum absolute atomic E-state index is 1.13. The highest BCUT2D eigenvalue weighted by atomic mass is 79.9. The van der Waals surface area contributed by atoms with Crippen molar-refractivity contribution in [3.63, 3.8) is 0 Å². The average Bonchev–Trinajstić information content (AvgIpc) is 2.17. The van der Waals surface area contributed by atoms with Crippen molar-refractivity contribution in [1.82, 2.24) is 0 Å². The predicted molar refractivity (Wildman–Crippen MR) is 49.2 cm³/mol. The largest absolute Gasteiger partial charge is 0.161 e. The number of rotatable bonds is 2. The summed E-state index contributed by atoms with van der Waals surface area (Å²) in [6.07, 6.45) is 2.12. The van der Waals surface area contributed by atoms with E-state index in [1.54, 1.807) is 11.3 Å². The molecule has 1 aromatic rings. The fourth-order valence-electron chi connectivity index (χ4n) is 0.588. The molecule has 0 unspecified atom stereocenters. The average molecular weight is 223 g/mol. The molecule has 0 aromatic carbocycles. The second-order valence-electron chi connectivity index (χ2n) is 1.69. The Balaban J connectivity index is 2.61. The first-order valence-corrected chi connectivity index (χ1v) is 5.61. The molecule has 1 rings (SSSR count). The first-order chi connectivity index (χ1) is 4.33. The van der Waals surface area contributed by atoms with E-state index >= 15 is 0 Å². The fourth-order valence-corrected chi connectivity index (χ4v) is 2.40. The first-order valence-electron chi connectivity index (χ1n) is 2.55. The summed E-state index contributed by atoms with van der Waals surface area (Å²) in [7, 11) is 0. The number of thiophene rings is 1. The molecule has 0 amide bonds. The lowest BCUT2D eigenvalue weighted by atomic mass is 10.4. The van der Waals surface area contributed by atoms with Crippen LogP contribution in [0.1, 0.15) is 5.56 Å². The quantitative estimate of drug-likeness (QED) is 0.740. The van der Waals surface area contributed by atoms with Crippen LogP contribution in [0.2, 0.25) is 0 Å². The summed E-state index contributed by atoms with van der Waals surface area (Å²) >= 11 is 7.01. The summed E-state index contributed by atoms with van der Waals surface area (Å²) in [6.45, 7) is 0. The normalized spacial score (nSPS) is 10.0. The lowest BCUT2D eigenvalue weighted by Crippen LogP contribution is -1.68. The van der Waals surface area contributed by atoms with Crippen LogP contribution in [0.5, 0.6) is 0 Å². The van der Waals surface area contributed by atoms with Gasteiger partial charge < -0.3 is 0 Å². The third-order valence-corrected chi connectivity index (χ3v) is 3.11. The van der Waals surface area contributed by atoms with Gasteiger partial charge in [-0.05, 0) is 39.2 Å². The Bertz CT molecular complexity index is 183. The van der Waals surface area contributed by atoms with Crippen LogP contribution in [0.25, 0.3) is 0 Å². The van der Waals surface area contributed by atoms with Gasteiger partial charge in [-0.2, -0.15) is 11.8 Å². The number of hydrogen-bond donors (Lipinski definition) is 0. The minimum atomic E-state index is 1.13. The SMILES string of the molecule is CSCc1csc(Br)c1. The van der Waals surface area contributed by atoms with E-state index in [2.05, 4.69) is 33.6 Å². The molecule has 0 N–H and O–H groups in total. The monoisotopic (exact) mass is 222 g/mol. The molecular formula is C6H7BrS2. The molecule has 0 aliphatic heterocycles. The van der Waals surface area contributed by atoms with E-state index in [-0.39, 0.29) is 0 Å². The molecule has 50 valence electrons. The Kier molecular flexibility index (Phi) is 3.09. The van der Waals surface area contributed by atoms with Gasteiger partial charge in [0.2, 0.25) is 0 Å². The molecule has 0 nitrogen and oxygen atoms in total. The van der Waals surface area contributed by atoms with Crippen LogP contribution < -0.4 is 0 Å². The Hall–Kier alpha value is 0.530. The summed E-state index contributed by atoms with van der Waals surface area (Å²) in [4.78, 5) is 0. The maximum Gasteiger partial charge on any atom is 0.0701 e. The molecule has 0 aliphatic carbocycles. The van der Waals surface area contributed by atoms with Crippen molar-refractivity contribution in [3.05, 3.63) is 20.8 Å². The van der Waals surface area contributed by atoms with E-state index in [1.807, 2.05) is 11.8 Å². The zero-order chi connectivity index (χ0) is 6.69. The van der Waals surface area contributed by atoms with Gasteiger partial charge in [0.05, 0.1) is 3.79 Å². The Morgan fingerprint density at radius 1 is 1.78 bits per heavy atom. The third-order valence-electron chi connectivity index (χ3n) is 0.933. The Morgan fingerprint density at radius 2 is 2.56 bits per heavy atom. The van der Waals surface area contributed by atoms with Crippen LogP contribution >= 0.6 is 39.0 Å². The van der Waals surface area contributed by atoms with E-state index in [4.69, 9.17) is 0 Å². The molecule has 0 aliphatic rings. The molecule has 1 aromatic heterocycles. The maximum absolute atomic E-state index is 3.41. The van der Waals surface area contributed by atoms with Crippen LogP contribution in [-0.2, 0) is 5.75 Å². The van der Waals surface area contributed by atoms with Gasteiger partial charge in [-0.25, -0.2) is 0 Å². The highest BCUT2D eigenvalue weighted by molar-refractivity contribution is 9.11. The molecule has 0 spiro atoms. The van der Waals surface area contributed by atoms with Crippen molar-refractivity contribution >= 4 is 39.0 Å². The van der Waals surface area contributed by atoms with Gasteiger partial charge in [0, 0.05) is 5.75 Å². The summed E-state index contributed by atoms with van der Waals surface area (Å²) in [6, 6.07) is 2.17. The highest BCUT2D eigenvalue weighted by Crippen LogP contribution is 2.22. The van der Waals surface area contributed by atoms with Crippen molar-refractivity contribution in [2.45, 2.75) is 5.75 Å². The lowest BCUT2D eigenvalue weighted by molar-refractivity contribution is 1.48. The molecule has 0 fully saturated rings. The van der Waals surface area contributed by atoms with Crippen LogP contribution in [0.3, 0.4) is 0 Å². The maximum atomic E-state index is 3.41. The number of thioether (sulfide) groups is 1. The summed E-state index contributed by atoms with van der Waals surface area (Å²) in [5.74, 6) is 1.13. The van der Waals surface area contributed by atoms with Crippen molar-refractivity contribution in [1.29, 1.82) is 0 Å². The van der Waals surface area contributed by atoms with Crippen LogP contribution in [0.15, 0.2) is 15.2 Å². The van der Waals surface area contributed by atoms with E-state index in [9.17, 15) is 0 Å². The summed E-state index contributed by atoms with van der Waals surface area (Å²) < 4.78 is 1.23. The van der Waals surface area contributed by atoms with Crippen LogP contribution in [-0.4, -0.2) is 6.26 Å². The Morgan fingerprint density at radius 3 is 3.00 bits per heavy atom. The molecular weight excluding hydrogens is 216 g/mol. The number of halogens is 1.